The Hall–Kier alpha value is -2.03. The fraction of sp³-hybridized carbons (Fsp3) is 0.133. The number of ether oxygens (including phenoxy) is 2. The van der Waals surface area contributed by atoms with Crippen molar-refractivity contribution in [2.24, 2.45) is 0 Å². The van der Waals surface area contributed by atoms with Gasteiger partial charge in [-0.3, -0.25) is 14.9 Å². The lowest BCUT2D eigenvalue weighted by atomic mass is 10.2. The molecule has 0 spiro atoms. The molecule has 9 heteroatoms. The van der Waals surface area contributed by atoms with Crippen molar-refractivity contribution in [2.75, 3.05) is 7.11 Å². The quantitative estimate of drug-likeness (QED) is 0.794. The summed E-state index contributed by atoms with van der Waals surface area (Å²) in [6, 6.07) is 5.26. The van der Waals surface area contributed by atoms with Gasteiger partial charge >= 0.3 is 0 Å². The summed E-state index contributed by atoms with van der Waals surface area (Å²) in [7, 11) is 1.53. The number of aromatic nitrogens is 1. The number of carbonyl (C=O) groups excluding carboxylic acids is 2. The monoisotopic (exact) mass is 382 g/mol. The molecule has 0 bridgehead atoms. The van der Waals surface area contributed by atoms with Gasteiger partial charge < -0.3 is 9.47 Å². The number of nitrogens with zero attached hydrogens (tertiary/aromatic N) is 1. The fourth-order valence-corrected chi connectivity index (χ4v) is 3.54. The molecule has 1 aromatic heterocycles. The van der Waals surface area contributed by atoms with Gasteiger partial charge in [0.05, 0.1) is 16.9 Å². The molecule has 2 amide bonds. The van der Waals surface area contributed by atoms with Crippen molar-refractivity contribution in [2.45, 2.75) is 6.61 Å². The van der Waals surface area contributed by atoms with Gasteiger partial charge in [0.15, 0.2) is 16.0 Å². The molecule has 0 unspecified atom stereocenters. The highest BCUT2D eigenvalue weighted by molar-refractivity contribution is 8.18. The minimum Gasteiger partial charge on any atom is -0.493 e. The number of nitrogens with one attached hydrogen (secondary N) is 1. The van der Waals surface area contributed by atoms with Crippen LogP contribution < -0.4 is 14.8 Å². The standard InChI is InChI=1S/C15H11ClN2O4S2/c1-21-11-4-8(5-12-13(19)18-15(20)24-12)2-3-10(11)22-7-9-6-17-14(16)23-9/h2-6H,7H2,1H3,(H,18,19,20). The highest BCUT2D eigenvalue weighted by Gasteiger charge is 2.25. The molecule has 3 rings (SSSR count). The Morgan fingerprint density at radius 2 is 2.17 bits per heavy atom. The van der Waals surface area contributed by atoms with E-state index in [1.54, 1.807) is 30.5 Å². The maximum Gasteiger partial charge on any atom is 0.290 e. The largest absolute Gasteiger partial charge is 0.493 e. The molecular weight excluding hydrogens is 372 g/mol. The van der Waals surface area contributed by atoms with Crippen LogP contribution in [-0.4, -0.2) is 23.2 Å². The molecular formula is C15H11ClN2O4S2. The number of hydrogen-bond donors (Lipinski definition) is 1. The number of rotatable bonds is 5. The summed E-state index contributed by atoms with van der Waals surface area (Å²) in [6.07, 6.45) is 3.28. The molecule has 6 nitrogen and oxygen atoms in total. The van der Waals surface area contributed by atoms with E-state index in [0.717, 1.165) is 22.2 Å². The first-order chi connectivity index (χ1) is 11.5. The molecule has 1 N–H and O–H groups in total. The van der Waals surface area contributed by atoms with Crippen LogP contribution >= 0.6 is 34.7 Å². The zero-order valence-corrected chi connectivity index (χ0v) is 14.8. The van der Waals surface area contributed by atoms with E-state index in [0.29, 0.717) is 27.5 Å². The summed E-state index contributed by atoms with van der Waals surface area (Å²) in [6.45, 7) is 0.327. The Labute approximate surface area is 150 Å². The van der Waals surface area contributed by atoms with E-state index >= 15 is 0 Å². The van der Waals surface area contributed by atoms with Crippen molar-refractivity contribution in [3.8, 4) is 11.5 Å². The minimum atomic E-state index is -0.397. The maximum atomic E-state index is 11.6. The minimum absolute atomic E-state index is 0.327. The van der Waals surface area contributed by atoms with Crippen LogP contribution in [0.3, 0.4) is 0 Å². The summed E-state index contributed by atoms with van der Waals surface area (Å²) in [5, 5.41) is 1.84. The van der Waals surface area contributed by atoms with Crippen molar-refractivity contribution in [1.82, 2.24) is 10.3 Å². The fourth-order valence-electron chi connectivity index (χ4n) is 1.96. The highest BCUT2D eigenvalue weighted by atomic mass is 35.5. The van der Waals surface area contributed by atoms with E-state index in [1.165, 1.54) is 18.4 Å². The number of thiazole rings is 1. The topological polar surface area (TPSA) is 77.5 Å². The third-order valence-electron chi connectivity index (χ3n) is 3.02. The molecule has 0 saturated carbocycles. The van der Waals surface area contributed by atoms with Crippen LogP contribution in [0.2, 0.25) is 4.47 Å². The summed E-state index contributed by atoms with van der Waals surface area (Å²) in [5.41, 5.74) is 0.729. The third-order valence-corrected chi connectivity index (χ3v) is 4.92. The van der Waals surface area contributed by atoms with Gasteiger partial charge in [0.2, 0.25) is 0 Å². The van der Waals surface area contributed by atoms with Gasteiger partial charge in [-0.25, -0.2) is 4.98 Å². The van der Waals surface area contributed by atoms with Gasteiger partial charge in [0, 0.05) is 6.20 Å². The average Bonchev–Trinajstić information content (AvgIpc) is 3.11. The summed E-state index contributed by atoms with van der Waals surface area (Å²) in [5.74, 6) is 0.685. The number of halogens is 1. The zero-order valence-electron chi connectivity index (χ0n) is 12.4. The van der Waals surface area contributed by atoms with E-state index < -0.39 is 5.91 Å². The molecule has 2 aromatic rings. The summed E-state index contributed by atoms with van der Waals surface area (Å²) in [4.78, 5) is 28.0. The Bertz CT molecular complexity index is 835. The predicted molar refractivity (Wildman–Crippen MR) is 93.6 cm³/mol. The highest BCUT2D eigenvalue weighted by Crippen LogP contribution is 2.32. The average molecular weight is 383 g/mol. The Morgan fingerprint density at radius 1 is 1.33 bits per heavy atom. The first kappa shape index (κ1) is 16.8. The Balaban J connectivity index is 1.76. The smallest absolute Gasteiger partial charge is 0.290 e. The molecule has 24 heavy (non-hydrogen) atoms. The van der Waals surface area contributed by atoms with E-state index in [9.17, 15) is 9.59 Å². The number of carbonyl (C=O) groups is 2. The van der Waals surface area contributed by atoms with Gasteiger partial charge in [-0.05, 0) is 35.5 Å². The molecule has 0 radical (unpaired) electrons. The summed E-state index contributed by atoms with van der Waals surface area (Å²) >= 11 is 8.00. The Morgan fingerprint density at radius 3 is 2.79 bits per heavy atom. The van der Waals surface area contributed by atoms with Crippen LogP contribution in [0.15, 0.2) is 29.3 Å². The molecule has 2 heterocycles. The first-order valence-corrected chi connectivity index (χ1v) is 8.72. The second-order valence-corrected chi connectivity index (χ2v) is 7.34. The normalized spacial score (nSPS) is 15.7. The van der Waals surface area contributed by atoms with Gasteiger partial charge in [-0.1, -0.05) is 17.7 Å². The molecule has 1 aliphatic rings. The van der Waals surface area contributed by atoms with Crippen molar-refractivity contribution in [3.05, 3.63) is 44.2 Å². The molecule has 124 valence electrons. The van der Waals surface area contributed by atoms with E-state index in [-0.39, 0.29) is 5.24 Å². The molecule has 0 aliphatic carbocycles. The van der Waals surface area contributed by atoms with Crippen LogP contribution in [-0.2, 0) is 11.4 Å². The van der Waals surface area contributed by atoms with Crippen molar-refractivity contribution in [1.29, 1.82) is 0 Å². The number of methoxy groups -OCH3 is 1. The van der Waals surface area contributed by atoms with Gasteiger partial charge in [0.1, 0.15) is 6.61 Å². The lowest BCUT2D eigenvalue weighted by Crippen LogP contribution is -2.17. The third kappa shape index (κ3) is 3.89. The van der Waals surface area contributed by atoms with Crippen molar-refractivity contribution >= 4 is 51.9 Å². The van der Waals surface area contributed by atoms with Gasteiger partial charge in [-0.2, -0.15) is 0 Å². The number of thioether (sulfide) groups is 1. The Kier molecular flexibility index (Phi) is 5.08. The molecule has 1 saturated heterocycles. The van der Waals surface area contributed by atoms with E-state index in [2.05, 4.69) is 10.3 Å². The number of amides is 2. The van der Waals surface area contributed by atoms with Crippen LogP contribution in [0.4, 0.5) is 4.79 Å². The van der Waals surface area contributed by atoms with Crippen molar-refractivity contribution in [3.63, 3.8) is 0 Å². The van der Waals surface area contributed by atoms with E-state index in [4.69, 9.17) is 21.1 Å². The van der Waals surface area contributed by atoms with Gasteiger partial charge in [0.25, 0.3) is 11.1 Å². The van der Waals surface area contributed by atoms with Crippen LogP contribution in [0.25, 0.3) is 6.08 Å². The van der Waals surface area contributed by atoms with Crippen LogP contribution in [0.1, 0.15) is 10.4 Å². The number of benzene rings is 1. The van der Waals surface area contributed by atoms with Crippen LogP contribution in [0, 0.1) is 0 Å². The predicted octanol–water partition coefficient (Wildman–Crippen LogP) is 3.71. The number of hydrogen-bond acceptors (Lipinski definition) is 7. The molecule has 1 aliphatic heterocycles. The molecule has 1 fully saturated rings. The zero-order chi connectivity index (χ0) is 17.1. The first-order valence-electron chi connectivity index (χ1n) is 6.71. The maximum absolute atomic E-state index is 11.6. The lowest BCUT2D eigenvalue weighted by molar-refractivity contribution is -0.115. The van der Waals surface area contributed by atoms with Gasteiger partial charge in [-0.15, -0.1) is 11.3 Å². The van der Waals surface area contributed by atoms with Crippen LogP contribution in [0.5, 0.6) is 11.5 Å². The van der Waals surface area contributed by atoms with Crippen molar-refractivity contribution < 1.29 is 19.1 Å². The second kappa shape index (κ2) is 7.25. The lowest BCUT2D eigenvalue weighted by Gasteiger charge is -2.10. The number of imide groups is 1. The summed E-state index contributed by atoms with van der Waals surface area (Å²) < 4.78 is 11.5. The molecule has 1 aromatic carbocycles. The second-order valence-electron chi connectivity index (χ2n) is 4.63. The molecule has 0 atom stereocenters. The SMILES string of the molecule is COc1cc(C=C2SC(=O)NC2=O)ccc1OCc1cnc(Cl)s1. The van der Waals surface area contributed by atoms with E-state index in [1.807, 2.05) is 0 Å².